The SMILES string of the molecule is CCC(CC)(CO)CNC(=O)C1CCNCC1.Cl. The second-order valence-corrected chi connectivity index (χ2v) is 5.11. The number of hydrogen-bond acceptors (Lipinski definition) is 3. The van der Waals surface area contributed by atoms with Gasteiger partial charge in [0.05, 0.1) is 6.61 Å². The van der Waals surface area contributed by atoms with Crippen molar-refractivity contribution in [3.63, 3.8) is 0 Å². The van der Waals surface area contributed by atoms with Crippen molar-refractivity contribution in [1.82, 2.24) is 10.6 Å². The van der Waals surface area contributed by atoms with E-state index in [1.807, 2.05) is 0 Å². The highest BCUT2D eigenvalue weighted by Gasteiger charge is 2.28. The number of aliphatic hydroxyl groups is 1. The number of piperidine rings is 1. The van der Waals surface area contributed by atoms with E-state index in [-0.39, 0.29) is 36.3 Å². The van der Waals surface area contributed by atoms with E-state index in [2.05, 4.69) is 24.5 Å². The van der Waals surface area contributed by atoms with Crippen LogP contribution in [0, 0.1) is 11.3 Å². The molecule has 0 atom stereocenters. The lowest BCUT2D eigenvalue weighted by Crippen LogP contribution is -2.44. The van der Waals surface area contributed by atoms with Crippen molar-refractivity contribution in [3.8, 4) is 0 Å². The molecule has 3 N–H and O–H groups in total. The number of rotatable bonds is 6. The van der Waals surface area contributed by atoms with Gasteiger partial charge in [0, 0.05) is 17.9 Å². The van der Waals surface area contributed by atoms with Crippen LogP contribution in [-0.4, -0.2) is 37.3 Å². The Morgan fingerprint density at radius 2 is 1.89 bits per heavy atom. The van der Waals surface area contributed by atoms with E-state index < -0.39 is 0 Å². The Labute approximate surface area is 116 Å². The first-order valence-corrected chi connectivity index (χ1v) is 6.76. The Hall–Kier alpha value is -0.320. The van der Waals surface area contributed by atoms with Crippen LogP contribution in [0.25, 0.3) is 0 Å². The van der Waals surface area contributed by atoms with Crippen molar-refractivity contribution in [2.45, 2.75) is 39.5 Å². The Morgan fingerprint density at radius 3 is 2.33 bits per heavy atom. The number of amides is 1. The smallest absolute Gasteiger partial charge is 0.223 e. The summed E-state index contributed by atoms with van der Waals surface area (Å²) in [6.45, 7) is 6.74. The molecule has 0 radical (unpaired) electrons. The number of aliphatic hydroxyl groups excluding tert-OH is 1. The van der Waals surface area contributed by atoms with E-state index in [1.165, 1.54) is 0 Å². The Balaban J connectivity index is 0.00000289. The summed E-state index contributed by atoms with van der Waals surface area (Å²) in [6.07, 6.45) is 3.64. The molecule has 4 nitrogen and oxygen atoms in total. The summed E-state index contributed by atoms with van der Waals surface area (Å²) in [5.74, 6) is 0.313. The molecule has 18 heavy (non-hydrogen) atoms. The highest BCUT2D eigenvalue weighted by atomic mass is 35.5. The number of nitrogens with one attached hydrogen (secondary N) is 2. The average molecular weight is 279 g/mol. The molecule has 1 heterocycles. The van der Waals surface area contributed by atoms with Crippen LogP contribution >= 0.6 is 12.4 Å². The van der Waals surface area contributed by atoms with E-state index in [9.17, 15) is 9.90 Å². The summed E-state index contributed by atoms with van der Waals surface area (Å²) < 4.78 is 0. The molecule has 0 aromatic rings. The lowest BCUT2D eigenvalue weighted by atomic mass is 9.83. The lowest BCUT2D eigenvalue weighted by Gasteiger charge is -2.31. The highest BCUT2D eigenvalue weighted by Crippen LogP contribution is 2.24. The van der Waals surface area contributed by atoms with Crippen molar-refractivity contribution >= 4 is 18.3 Å². The summed E-state index contributed by atoms with van der Waals surface area (Å²) in [5, 5.41) is 15.7. The first-order chi connectivity index (χ1) is 8.17. The van der Waals surface area contributed by atoms with E-state index in [4.69, 9.17) is 0 Å². The van der Waals surface area contributed by atoms with Gasteiger partial charge < -0.3 is 15.7 Å². The monoisotopic (exact) mass is 278 g/mol. The van der Waals surface area contributed by atoms with Crippen LogP contribution in [0.1, 0.15) is 39.5 Å². The minimum Gasteiger partial charge on any atom is -0.396 e. The predicted octanol–water partition coefficient (Wildman–Crippen LogP) is 1.32. The third-order valence-corrected chi connectivity index (χ3v) is 4.18. The molecular weight excluding hydrogens is 252 g/mol. The zero-order valence-corrected chi connectivity index (χ0v) is 12.3. The zero-order chi connectivity index (χ0) is 12.7. The second-order valence-electron chi connectivity index (χ2n) is 5.11. The van der Waals surface area contributed by atoms with E-state index in [1.54, 1.807) is 0 Å². The number of carbonyl (C=O) groups excluding carboxylic acids is 1. The zero-order valence-electron chi connectivity index (χ0n) is 11.5. The Kier molecular flexibility index (Phi) is 8.57. The summed E-state index contributed by atoms with van der Waals surface area (Å²) in [4.78, 5) is 12.0. The third kappa shape index (κ3) is 4.75. The van der Waals surface area contributed by atoms with Gasteiger partial charge in [-0.25, -0.2) is 0 Å². The summed E-state index contributed by atoms with van der Waals surface area (Å²) in [7, 11) is 0. The van der Waals surface area contributed by atoms with Gasteiger partial charge in [0.15, 0.2) is 0 Å². The highest BCUT2D eigenvalue weighted by molar-refractivity contribution is 5.85. The average Bonchev–Trinajstić information content (AvgIpc) is 2.41. The summed E-state index contributed by atoms with van der Waals surface area (Å²) >= 11 is 0. The van der Waals surface area contributed by atoms with Gasteiger partial charge in [-0.05, 0) is 38.8 Å². The Morgan fingerprint density at radius 1 is 1.33 bits per heavy atom. The largest absolute Gasteiger partial charge is 0.396 e. The molecule has 0 bridgehead atoms. The van der Waals surface area contributed by atoms with Crippen LogP contribution in [0.4, 0.5) is 0 Å². The van der Waals surface area contributed by atoms with E-state index in [0.717, 1.165) is 38.8 Å². The number of halogens is 1. The topological polar surface area (TPSA) is 61.4 Å². The Bertz CT molecular complexity index is 231. The number of hydrogen-bond donors (Lipinski definition) is 3. The van der Waals surface area contributed by atoms with E-state index >= 15 is 0 Å². The fourth-order valence-electron chi connectivity index (χ4n) is 2.28. The molecule has 1 amide bonds. The molecule has 1 aliphatic heterocycles. The second kappa shape index (κ2) is 8.73. The minimum atomic E-state index is -0.136. The van der Waals surface area contributed by atoms with Crippen LogP contribution in [0.3, 0.4) is 0 Å². The molecule has 0 aromatic heterocycles. The minimum absolute atomic E-state index is 0. The van der Waals surface area contributed by atoms with Crippen molar-refractivity contribution in [1.29, 1.82) is 0 Å². The van der Waals surface area contributed by atoms with E-state index in [0.29, 0.717) is 6.54 Å². The van der Waals surface area contributed by atoms with Gasteiger partial charge in [-0.2, -0.15) is 0 Å². The van der Waals surface area contributed by atoms with Gasteiger partial charge in [0.25, 0.3) is 0 Å². The third-order valence-electron chi connectivity index (χ3n) is 4.18. The maximum atomic E-state index is 12.0. The fraction of sp³-hybridized carbons (Fsp3) is 0.923. The normalized spacial score (nSPS) is 17.1. The van der Waals surface area contributed by atoms with Crippen LogP contribution in [-0.2, 0) is 4.79 Å². The molecule has 5 heteroatoms. The van der Waals surface area contributed by atoms with Gasteiger partial charge in [-0.15, -0.1) is 12.4 Å². The van der Waals surface area contributed by atoms with Crippen LogP contribution in [0.15, 0.2) is 0 Å². The lowest BCUT2D eigenvalue weighted by molar-refractivity contribution is -0.126. The van der Waals surface area contributed by atoms with Crippen molar-refractivity contribution in [2.24, 2.45) is 11.3 Å². The molecule has 1 fully saturated rings. The van der Waals surface area contributed by atoms with Crippen molar-refractivity contribution < 1.29 is 9.90 Å². The molecule has 0 spiro atoms. The quantitative estimate of drug-likeness (QED) is 0.687. The van der Waals surface area contributed by atoms with Crippen LogP contribution < -0.4 is 10.6 Å². The molecular formula is C13H27ClN2O2. The van der Waals surface area contributed by atoms with Gasteiger partial charge in [-0.1, -0.05) is 13.8 Å². The van der Waals surface area contributed by atoms with Gasteiger partial charge >= 0.3 is 0 Å². The van der Waals surface area contributed by atoms with Gasteiger partial charge in [0.1, 0.15) is 0 Å². The van der Waals surface area contributed by atoms with Crippen molar-refractivity contribution in [3.05, 3.63) is 0 Å². The molecule has 1 saturated heterocycles. The predicted molar refractivity (Wildman–Crippen MR) is 76.0 cm³/mol. The van der Waals surface area contributed by atoms with Gasteiger partial charge in [0.2, 0.25) is 5.91 Å². The molecule has 108 valence electrons. The molecule has 1 aliphatic rings. The van der Waals surface area contributed by atoms with Crippen molar-refractivity contribution in [2.75, 3.05) is 26.2 Å². The maximum Gasteiger partial charge on any atom is 0.223 e. The number of carbonyl (C=O) groups is 1. The maximum absolute atomic E-state index is 12.0. The van der Waals surface area contributed by atoms with Crippen LogP contribution in [0.2, 0.25) is 0 Å². The van der Waals surface area contributed by atoms with Gasteiger partial charge in [-0.3, -0.25) is 4.79 Å². The molecule has 0 unspecified atom stereocenters. The molecule has 0 aliphatic carbocycles. The van der Waals surface area contributed by atoms with Crippen LogP contribution in [0.5, 0.6) is 0 Å². The standard InChI is InChI=1S/C13H26N2O2.ClH/c1-3-13(4-2,10-16)9-15-12(17)11-5-7-14-8-6-11;/h11,14,16H,3-10H2,1-2H3,(H,15,17);1H. The molecule has 0 saturated carbocycles. The summed E-state index contributed by atoms with van der Waals surface area (Å²) in [6, 6.07) is 0. The molecule has 0 aromatic carbocycles. The first kappa shape index (κ1) is 17.7. The first-order valence-electron chi connectivity index (χ1n) is 6.76. The fourth-order valence-corrected chi connectivity index (χ4v) is 2.28. The molecule has 1 rings (SSSR count). The summed E-state index contributed by atoms with van der Waals surface area (Å²) in [5.41, 5.74) is -0.136.